The second kappa shape index (κ2) is 11.8. The summed E-state index contributed by atoms with van der Waals surface area (Å²) in [6.45, 7) is 1.57. The Kier molecular flexibility index (Phi) is 9.23. The molecule has 0 spiro atoms. The van der Waals surface area contributed by atoms with Gasteiger partial charge in [0.15, 0.2) is 9.84 Å². The smallest absolute Gasteiger partial charge is 0.393 e. The molecule has 11 heteroatoms. The number of anilines is 1. The average Bonchev–Trinajstić information content (AvgIpc) is 2.88. The Bertz CT molecular complexity index is 1270. The molecule has 37 heavy (non-hydrogen) atoms. The van der Waals surface area contributed by atoms with Gasteiger partial charge in [-0.1, -0.05) is 25.1 Å². The van der Waals surface area contributed by atoms with Crippen molar-refractivity contribution in [2.45, 2.75) is 57.0 Å². The van der Waals surface area contributed by atoms with Gasteiger partial charge in [-0.3, -0.25) is 0 Å². The monoisotopic (exact) mass is 540 g/mol. The Labute approximate surface area is 214 Å². The minimum absolute atomic E-state index is 0.118. The van der Waals surface area contributed by atoms with Gasteiger partial charge in [0.1, 0.15) is 17.1 Å². The second-order valence-electron chi connectivity index (χ2n) is 9.30. The Morgan fingerprint density at radius 2 is 1.86 bits per heavy atom. The zero-order valence-corrected chi connectivity index (χ0v) is 21.2. The van der Waals surface area contributed by atoms with Crippen LogP contribution in [0.5, 0.6) is 0 Å². The van der Waals surface area contributed by atoms with Crippen LogP contribution in [-0.2, 0) is 9.84 Å². The van der Waals surface area contributed by atoms with Crippen LogP contribution in [0.2, 0.25) is 0 Å². The summed E-state index contributed by atoms with van der Waals surface area (Å²) in [4.78, 5) is 1.31. The van der Waals surface area contributed by atoms with Gasteiger partial charge < -0.3 is 20.2 Å². The molecule has 1 fully saturated rings. The maximum Gasteiger partial charge on any atom is 0.393 e. The largest absolute Gasteiger partial charge is 0.394 e. The third kappa shape index (κ3) is 6.82. The molecule has 4 unspecified atom stereocenters. The van der Waals surface area contributed by atoms with E-state index in [1.54, 1.807) is 43.3 Å². The van der Waals surface area contributed by atoms with Crippen LogP contribution in [0.1, 0.15) is 38.2 Å². The van der Waals surface area contributed by atoms with E-state index in [2.05, 4.69) is 0 Å². The molecule has 3 rings (SSSR count). The highest BCUT2D eigenvalue weighted by atomic mass is 32.2. The highest BCUT2D eigenvalue weighted by Gasteiger charge is 2.47. The van der Waals surface area contributed by atoms with Gasteiger partial charge in [0.25, 0.3) is 0 Å². The Morgan fingerprint density at radius 3 is 2.49 bits per heavy atom. The number of rotatable bonds is 9. The quantitative estimate of drug-likeness (QED) is 0.414. The van der Waals surface area contributed by atoms with E-state index in [-0.39, 0.29) is 12.8 Å². The van der Waals surface area contributed by atoms with Gasteiger partial charge in [-0.05, 0) is 66.3 Å². The lowest BCUT2D eigenvalue weighted by Crippen LogP contribution is -2.50. The number of fused-ring (bicyclic) bond motifs is 1. The predicted octanol–water partition coefficient (Wildman–Crippen LogP) is 3.78. The molecule has 1 aliphatic heterocycles. The topological polar surface area (TPSA) is 122 Å². The van der Waals surface area contributed by atoms with Gasteiger partial charge in [-0.15, -0.1) is 0 Å². The van der Waals surface area contributed by atoms with Crippen LogP contribution in [0, 0.1) is 17.2 Å². The summed E-state index contributed by atoms with van der Waals surface area (Å²) < 4.78 is 65.9. The molecule has 0 saturated carbocycles. The molecular formula is C26H31F3N2O5S. The summed E-state index contributed by atoms with van der Waals surface area (Å²) in [5.74, 6) is -1.97. The maximum absolute atomic E-state index is 13.6. The molecule has 4 atom stereocenters. The van der Waals surface area contributed by atoms with Crippen LogP contribution in [-0.4, -0.2) is 67.1 Å². The van der Waals surface area contributed by atoms with Gasteiger partial charge >= 0.3 is 6.18 Å². The average molecular weight is 541 g/mol. The fraction of sp³-hybridized carbons (Fsp3) is 0.500. The van der Waals surface area contributed by atoms with E-state index >= 15 is 0 Å². The first-order valence-corrected chi connectivity index (χ1v) is 13.7. The molecule has 2 aromatic rings. The van der Waals surface area contributed by atoms with Gasteiger partial charge in [0.2, 0.25) is 0 Å². The number of piperidine rings is 1. The van der Waals surface area contributed by atoms with Gasteiger partial charge in [-0.25, -0.2) is 8.42 Å². The molecule has 1 heterocycles. The summed E-state index contributed by atoms with van der Waals surface area (Å²) in [5.41, 5.74) is 1.14. The number of nitrogens with zero attached hydrogens (tertiary/aromatic N) is 2. The zero-order valence-electron chi connectivity index (χ0n) is 20.4. The number of aliphatic hydroxyl groups is 3. The van der Waals surface area contributed by atoms with Crippen molar-refractivity contribution in [1.29, 1.82) is 5.26 Å². The first-order chi connectivity index (χ1) is 17.4. The third-order valence-corrected chi connectivity index (χ3v) is 8.51. The summed E-state index contributed by atoms with van der Waals surface area (Å²) in [6.07, 6.45) is -5.39. The Hall–Kier alpha value is -2.65. The number of sulfone groups is 1. The summed E-state index contributed by atoms with van der Waals surface area (Å²) >= 11 is 0. The lowest BCUT2D eigenvalue weighted by molar-refractivity contribution is -0.185. The van der Waals surface area contributed by atoms with Crippen LogP contribution in [0.3, 0.4) is 0 Å². The molecule has 0 amide bonds. The van der Waals surface area contributed by atoms with Crippen LogP contribution in [0.25, 0.3) is 16.8 Å². The van der Waals surface area contributed by atoms with Crippen LogP contribution >= 0.6 is 0 Å². The predicted molar refractivity (Wildman–Crippen MR) is 135 cm³/mol. The number of alkyl halides is 3. The molecule has 1 aliphatic rings. The van der Waals surface area contributed by atoms with Gasteiger partial charge in [0, 0.05) is 18.3 Å². The number of halogens is 3. The lowest BCUT2D eigenvalue weighted by Gasteiger charge is -2.43. The van der Waals surface area contributed by atoms with Crippen molar-refractivity contribution in [3.8, 4) is 6.07 Å². The van der Waals surface area contributed by atoms with E-state index in [1.807, 2.05) is 11.0 Å². The second-order valence-corrected chi connectivity index (χ2v) is 11.4. The normalized spacial score (nSPS) is 21.0. The van der Waals surface area contributed by atoms with Crippen molar-refractivity contribution in [3.63, 3.8) is 0 Å². The van der Waals surface area contributed by atoms with Crippen molar-refractivity contribution in [1.82, 2.24) is 0 Å². The van der Waals surface area contributed by atoms with E-state index < -0.39 is 57.4 Å². The molecule has 2 aromatic carbocycles. The van der Waals surface area contributed by atoms with Gasteiger partial charge in [0.05, 0.1) is 24.4 Å². The number of benzene rings is 2. The molecular weight excluding hydrogens is 509 g/mol. The zero-order chi connectivity index (χ0) is 27.4. The van der Waals surface area contributed by atoms with Crippen LogP contribution in [0.15, 0.2) is 41.3 Å². The fourth-order valence-corrected chi connectivity index (χ4v) is 6.05. The molecule has 0 bridgehead atoms. The standard InChI is InChI=1S/C26H31F3N2O5S/c1-2-23-22(26(27,28)29)4-3-10-31(23)20-8-7-18-12-17(5-6-19(18)14-20)13-21(15-30)37(35,36)11-9-24(33)25(34)16-32/h5-8,12-14,22-25,32-34H,2-4,9-11,16H2,1H3/b21-13+. The maximum atomic E-state index is 13.6. The van der Waals surface area contributed by atoms with Gasteiger partial charge in [-0.2, -0.15) is 18.4 Å². The highest BCUT2D eigenvalue weighted by molar-refractivity contribution is 7.95. The Morgan fingerprint density at radius 1 is 1.19 bits per heavy atom. The molecule has 0 aromatic heterocycles. The highest BCUT2D eigenvalue weighted by Crippen LogP contribution is 2.41. The molecule has 7 nitrogen and oxygen atoms in total. The number of aliphatic hydroxyl groups excluding tert-OH is 3. The number of hydrogen-bond donors (Lipinski definition) is 3. The van der Waals surface area contributed by atoms with E-state index in [4.69, 9.17) is 5.11 Å². The first kappa shape index (κ1) is 28.9. The molecule has 202 valence electrons. The molecule has 0 aliphatic carbocycles. The summed E-state index contributed by atoms with van der Waals surface area (Å²) in [7, 11) is -4.06. The van der Waals surface area contributed by atoms with Crippen molar-refractivity contribution < 1.29 is 36.9 Å². The first-order valence-electron chi connectivity index (χ1n) is 12.1. The molecule has 0 radical (unpaired) electrons. The van der Waals surface area contributed by atoms with E-state index in [9.17, 15) is 37.1 Å². The lowest BCUT2D eigenvalue weighted by atomic mass is 9.86. The van der Waals surface area contributed by atoms with Crippen molar-refractivity contribution in [3.05, 3.63) is 46.9 Å². The van der Waals surface area contributed by atoms with Crippen LogP contribution in [0.4, 0.5) is 18.9 Å². The van der Waals surface area contributed by atoms with Crippen molar-refractivity contribution in [2.75, 3.05) is 23.8 Å². The van der Waals surface area contributed by atoms with E-state index in [1.165, 1.54) is 6.08 Å². The van der Waals surface area contributed by atoms with Crippen molar-refractivity contribution in [2.24, 2.45) is 5.92 Å². The van der Waals surface area contributed by atoms with Crippen molar-refractivity contribution >= 4 is 32.4 Å². The fourth-order valence-electron chi connectivity index (χ4n) is 4.83. The molecule has 3 N–H and O–H groups in total. The number of nitriles is 1. The minimum Gasteiger partial charge on any atom is -0.394 e. The summed E-state index contributed by atoms with van der Waals surface area (Å²) in [5, 5.41) is 38.9. The molecule has 1 saturated heterocycles. The summed E-state index contributed by atoms with van der Waals surface area (Å²) in [6, 6.07) is 11.4. The number of hydrogen-bond acceptors (Lipinski definition) is 7. The SMILES string of the molecule is CCC1C(C(F)(F)F)CCCN1c1ccc2cc(/C=C(\C#N)S(=O)(=O)CCC(O)C(O)CO)ccc2c1. The minimum atomic E-state index is -4.26. The van der Waals surface area contributed by atoms with E-state index in [0.717, 1.165) is 10.8 Å². The number of allylic oxidation sites excluding steroid dienone is 1. The van der Waals surface area contributed by atoms with Crippen LogP contribution < -0.4 is 4.90 Å². The third-order valence-electron chi connectivity index (χ3n) is 6.85. The van der Waals surface area contributed by atoms with E-state index in [0.29, 0.717) is 30.6 Å². The Balaban J connectivity index is 1.85.